The van der Waals surface area contributed by atoms with Gasteiger partial charge < -0.3 is 19.5 Å². The van der Waals surface area contributed by atoms with Gasteiger partial charge in [-0.2, -0.15) is 0 Å². The molecule has 0 saturated carbocycles. The van der Waals surface area contributed by atoms with Gasteiger partial charge in [-0.3, -0.25) is 5.10 Å². The summed E-state index contributed by atoms with van der Waals surface area (Å²) in [6.45, 7) is 3.92. The topological polar surface area (TPSA) is 104 Å². The summed E-state index contributed by atoms with van der Waals surface area (Å²) in [6.07, 6.45) is 4.06. The molecule has 3 aromatic heterocycles. The average molecular weight is 328 g/mol. The van der Waals surface area contributed by atoms with Crippen molar-refractivity contribution < 1.29 is 8.83 Å². The Kier molecular flexibility index (Phi) is 5.28. The maximum absolute atomic E-state index is 5.31. The molecule has 0 aliphatic carbocycles. The summed E-state index contributed by atoms with van der Waals surface area (Å²) in [7, 11) is 0. The molecule has 126 valence electrons. The number of nitrogens with zero attached hydrogens (tertiary/aromatic N) is 3. The molecule has 0 aliphatic rings. The van der Waals surface area contributed by atoms with E-state index in [-0.39, 0.29) is 0 Å². The standard InChI is InChI=1S/C16H20N6O2/c1-2-17-16(18-8-7-12-5-3-9-23-12)19-11-14-20-15(22-21-14)13-6-4-10-24-13/h3-6,9-10H,2,7-8,11H2,1H3,(H2,17,18,19)(H,20,21,22). The minimum absolute atomic E-state index is 0.393. The second-order valence-electron chi connectivity index (χ2n) is 5.03. The van der Waals surface area contributed by atoms with E-state index in [9.17, 15) is 0 Å². The van der Waals surface area contributed by atoms with Crippen LogP contribution in [0.3, 0.4) is 0 Å². The fourth-order valence-corrected chi connectivity index (χ4v) is 2.14. The fraction of sp³-hybridized carbons (Fsp3) is 0.312. The van der Waals surface area contributed by atoms with E-state index in [0.29, 0.717) is 24.0 Å². The molecule has 0 aliphatic heterocycles. The lowest BCUT2D eigenvalue weighted by Crippen LogP contribution is -2.38. The van der Waals surface area contributed by atoms with Gasteiger partial charge in [-0.05, 0) is 31.2 Å². The highest BCUT2D eigenvalue weighted by Gasteiger charge is 2.08. The van der Waals surface area contributed by atoms with Gasteiger partial charge in [0.2, 0.25) is 5.82 Å². The smallest absolute Gasteiger partial charge is 0.216 e. The number of hydrogen-bond donors (Lipinski definition) is 3. The third-order valence-electron chi connectivity index (χ3n) is 3.25. The Morgan fingerprint density at radius 2 is 2.08 bits per heavy atom. The Labute approximate surface area is 139 Å². The maximum atomic E-state index is 5.31. The Morgan fingerprint density at radius 1 is 1.21 bits per heavy atom. The lowest BCUT2D eigenvalue weighted by molar-refractivity contribution is 0.507. The number of H-pyrrole nitrogens is 1. The molecule has 0 unspecified atom stereocenters. The fourth-order valence-electron chi connectivity index (χ4n) is 2.14. The monoisotopic (exact) mass is 328 g/mol. The van der Waals surface area contributed by atoms with Gasteiger partial charge >= 0.3 is 0 Å². The van der Waals surface area contributed by atoms with Crippen molar-refractivity contribution in [3.05, 3.63) is 48.4 Å². The van der Waals surface area contributed by atoms with Gasteiger partial charge in [0.05, 0.1) is 12.5 Å². The molecule has 0 fully saturated rings. The van der Waals surface area contributed by atoms with Gasteiger partial charge in [0.25, 0.3) is 0 Å². The van der Waals surface area contributed by atoms with Crippen molar-refractivity contribution in [2.75, 3.05) is 13.1 Å². The molecule has 0 saturated heterocycles. The third kappa shape index (κ3) is 4.25. The van der Waals surface area contributed by atoms with Crippen LogP contribution in [-0.4, -0.2) is 34.2 Å². The van der Waals surface area contributed by atoms with Gasteiger partial charge in [-0.25, -0.2) is 9.98 Å². The normalized spacial score (nSPS) is 11.6. The predicted octanol–water partition coefficient (Wildman–Crippen LogP) is 1.96. The van der Waals surface area contributed by atoms with Crippen LogP contribution in [0.5, 0.6) is 0 Å². The Morgan fingerprint density at radius 3 is 2.83 bits per heavy atom. The Bertz CT molecular complexity index is 745. The molecule has 0 aromatic carbocycles. The molecule has 3 aromatic rings. The highest BCUT2D eigenvalue weighted by Crippen LogP contribution is 2.14. The van der Waals surface area contributed by atoms with Gasteiger partial charge in [0, 0.05) is 19.5 Å². The molecule has 3 heterocycles. The van der Waals surface area contributed by atoms with E-state index in [0.717, 1.165) is 31.2 Å². The van der Waals surface area contributed by atoms with Crippen LogP contribution >= 0.6 is 0 Å². The van der Waals surface area contributed by atoms with Crippen molar-refractivity contribution in [2.24, 2.45) is 4.99 Å². The number of guanidine groups is 1. The van der Waals surface area contributed by atoms with Crippen LogP contribution in [0, 0.1) is 0 Å². The van der Waals surface area contributed by atoms with E-state index in [1.807, 2.05) is 25.1 Å². The van der Waals surface area contributed by atoms with Crippen LogP contribution in [-0.2, 0) is 13.0 Å². The highest BCUT2D eigenvalue weighted by molar-refractivity contribution is 5.79. The van der Waals surface area contributed by atoms with Crippen molar-refractivity contribution in [3.8, 4) is 11.6 Å². The zero-order valence-corrected chi connectivity index (χ0v) is 13.5. The molecule has 3 N–H and O–H groups in total. The van der Waals surface area contributed by atoms with Crippen molar-refractivity contribution in [1.82, 2.24) is 25.8 Å². The largest absolute Gasteiger partial charge is 0.469 e. The second kappa shape index (κ2) is 8.00. The van der Waals surface area contributed by atoms with E-state index in [1.54, 1.807) is 18.6 Å². The van der Waals surface area contributed by atoms with Crippen molar-refractivity contribution in [2.45, 2.75) is 19.9 Å². The highest BCUT2D eigenvalue weighted by atomic mass is 16.3. The molecule has 8 heteroatoms. The molecule has 0 radical (unpaired) electrons. The minimum Gasteiger partial charge on any atom is -0.469 e. The molecule has 8 nitrogen and oxygen atoms in total. The van der Waals surface area contributed by atoms with Gasteiger partial charge in [0.1, 0.15) is 18.1 Å². The molecule has 3 rings (SSSR count). The predicted molar refractivity (Wildman–Crippen MR) is 89.3 cm³/mol. The zero-order valence-electron chi connectivity index (χ0n) is 13.5. The summed E-state index contributed by atoms with van der Waals surface area (Å²) in [5.74, 6) is 3.49. The summed E-state index contributed by atoms with van der Waals surface area (Å²) >= 11 is 0. The first-order chi connectivity index (χ1) is 11.8. The lowest BCUT2D eigenvalue weighted by atomic mass is 10.3. The number of aromatic nitrogens is 3. The summed E-state index contributed by atoms with van der Waals surface area (Å²) < 4.78 is 10.6. The number of aromatic amines is 1. The summed E-state index contributed by atoms with van der Waals surface area (Å²) in [6, 6.07) is 7.46. The van der Waals surface area contributed by atoms with Gasteiger partial charge in [-0.15, -0.1) is 5.10 Å². The van der Waals surface area contributed by atoms with Crippen LogP contribution < -0.4 is 10.6 Å². The molecular formula is C16H20N6O2. The van der Waals surface area contributed by atoms with E-state index < -0.39 is 0 Å². The zero-order chi connectivity index (χ0) is 16.6. The van der Waals surface area contributed by atoms with Crippen molar-refractivity contribution >= 4 is 5.96 Å². The summed E-state index contributed by atoms with van der Waals surface area (Å²) in [4.78, 5) is 8.86. The van der Waals surface area contributed by atoms with Crippen LogP contribution in [0.25, 0.3) is 11.6 Å². The SMILES string of the molecule is CCNC(=NCc1nc(-c2ccco2)n[nH]1)NCCc1ccco1. The number of aliphatic imine (C=N–C) groups is 1. The number of hydrogen-bond acceptors (Lipinski definition) is 5. The molecule has 24 heavy (non-hydrogen) atoms. The Hall–Kier alpha value is -3.03. The molecule has 0 spiro atoms. The van der Waals surface area contributed by atoms with Gasteiger partial charge in [-0.1, -0.05) is 0 Å². The molecule has 0 atom stereocenters. The average Bonchev–Trinajstić information content (AvgIpc) is 3.33. The van der Waals surface area contributed by atoms with Gasteiger partial charge in [0.15, 0.2) is 11.7 Å². The molecule has 0 amide bonds. The van der Waals surface area contributed by atoms with Crippen molar-refractivity contribution in [3.63, 3.8) is 0 Å². The maximum Gasteiger partial charge on any atom is 0.216 e. The van der Waals surface area contributed by atoms with E-state index in [4.69, 9.17) is 8.83 Å². The first kappa shape index (κ1) is 15.9. The number of nitrogens with one attached hydrogen (secondary N) is 3. The van der Waals surface area contributed by atoms with Crippen LogP contribution in [0.4, 0.5) is 0 Å². The summed E-state index contributed by atoms with van der Waals surface area (Å²) in [5.41, 5.74) is 0. The van der Waals surface area contributed by atoms with Crippen LogP contribution in [0.15, 0.2) is 50.6 Å². The Balaban J connectivity index is 1.55. The van der Waals surface area contributed by atoms with Crippen LogP contribution in [0.2, 0.25) is 0 Å². The first-order valence-corrected chi connectivity index (χ1v) is 7.85. The van der Waals surface area contributed by atoms with E-state index in [1.165, 1.54) is 0 Å². The summed E-state index contributed by atoms with van der Waals surface area (Å²) in [5, 5.41) is 13.5. The lowest BCUT2D eigenvalue weighted by Gasteiger charge is -2.10. The second-order valence-corrected chi connectivity index (χ2v) is 5.03. The third-order valence-corrected chi connectivity index (χ3v) is 3.25. The number of rotatable bonds is 7. The van der Waals surface area contributed by atoms with Crippen LogP contribution in [0.1, 0.15) is 18.5 Å². The van der Waals surface area contributed by atoms with Crippen molar-refractivity contribution in [1.29, 1.82) is 0 Å². The minimum atomic E-state index is 0.393. The first-order valence-electron chi connectivity index (χ1n) is 7.85. The quantitative estimate of drug-likeness (QED) is 0.452. The number of furan rings is 2. The molecular weight excluding hydrogens is 308 g/mol. The molecule has 0 bridgehead atoms. The van der Waals surface area contributed by atoms with E-state index >= 15 is 0 Å². The van der Waals surface area contributed by atoms with E-state index in [2.05, 4.69) is 30.8 Å².